The minimum Gasteiger partial charge on any atom is -0.357 e. The normalized spacial score (nSPS) is 16.0. The van der Waals surface area contributed by atoms with Crippen LogP contribution in [0.2, 0.25) is 0 Å². The molecule has 1 N–H and O–H groups in total. The summed E-state index contributed by atoms with van der Waals surface area (Å²) in [4.78, 5) is 11.0. The molecule has 2 heterocycles. The molecule has 1 aliphatic heterocycles. The standard InChI is InChI=1S/C10H16N4/c1-8-7-9(13-10(11-2)12-8)14-5-3-4-6-14/h7H,3-6H2,1-2H3,(H,11,12,13). The van der Waals surface area contributed by atoms with E-state index in [1.165, 1.54) is 12.8 Å². The Morgan fingerprint density at radius 2 is 2.00 bits per heavy atom. The average Bonchev–Trinajstić information content (AvgIpc) is 2.69. The maximum Gasteiger partial charge on any atom is 0.224 e. The van der Waals surface area contributed by atoms with Crippen molar-refractivity contribution in [3.63, 3.8) is 0 Å². The number of nitrogens with zero attached hydrogens (tertiary/aromatic N) is 3. The highest BCUT2D eigenvalue weighted by Crippen LogP contribution is 2.19. The van der Waals surface area contributed by atoms with Crippen LogP contribution in [0.1, 0.15) is 18.5 Å². The van der Waals surface area contributed by atoms with Crippen LogP contribution in [0.15, 0.2) is 6.07 Å². The monoisotopic (exact) mass is 192 g/mol. The fourth-order valence-electron chi connectivity index (χ4n) is 1.77. The summed E-state index contributed by atoms with van der Waals surface area (Å²) in [5.41, 5.74) is 1.02. The van der Waals surface area contributed by atoms with E-state index >= 15 is 0 Å². The molecule has 4 heteroatoms. The van der Waals surface area contributed by atoms with Crippen LogP contribution in [0.5, 0.6) is 0 Å². The zero-order chi connectivity index (χ0) is 9.97. The second-order valence-electron chi connectivity index (χ2n) is 3.64. The first-order chi connectivity index (χ1) is 6.79. The molecule has 4 nitrogen and oxygen atoms in total. The van der Waals surface area contributed by atoms with Crippen molar-refractivity contribution in [3.05, 3.63) is 11.8 Å². The second kappa shape index (κ2) is 3.82. The summed E-state index contributed by atoms with van der Waals surface area (Å²) >= 11 is 0. The smallest absolute Gasteiger partial charge is 0.224 e. The van der Waals surface area contributed by atoms with Crippen molar-refractivity contribution in [1.82, 2.24) is 9.97 Å². The number of hydrogen-bond donors (Lipinski definition) is 1. The van der Waals surface area contributed by atoms with Crippen molar-refractivity contribution < 1.29 is 0 Å². The van der Waals surface area contributed by atoms with Gasteiger partial charge in [0.1, 0.15) is 5.82 Å². The van der Waals surface area contributed by atoms with Crippen LogP contribution in [0, 0.1) is 6.92 Å². The lowest BCUT2D eigenvalue weighted by atomic mass is 10.4. The number of hydrogen-bond acceptors (Lipinski definition) is 4. The number of rotatable bonds is 2. The molecule has 1 saturated heterocycles. The Kier molecular flexibility index (Phi) is 2.52. The molecule has 1 aliphatic rings. The highest BCUT2D eigenvalue weighted by molar-refractivity contribution is 5.45. The van der Waals surface area contributed by atoms with Crippen LogP contribution >= 0.6 is 0 Å². The molecule has 76 valence electrons. The summed E-state index contributed by atoms with van der Waals surface area (Å²) in [5, 5.41) is 2.98. The molecule has 1 aromatic rings. The Labute approximate surface area is 84.4 Å². The maximum absolute atomic E-state index is 4.44. The molecule has 14 heavy (non-hydrogen) atoms. The van der Waals surface area contributed by atoms with E-state index in [-0.39, 0.29) is 0 Å². The highest BCUT2D eigenvalue weighted by Gasteiger charge is 2.14. The summed E-state index contributed by atoms with van der Waals surface area (Å²) in [5.74, 6) is 1.77. The van der Waals surface area contributed by atoms with Gasteiger partial charge in [-0.05, 0) is 19.8 Å². The van der Waals surface area contributed by atoms with Gasteiger partial charge in [0.2, 0.25) is 5.95 Å². The Morgan fingerprint density at radius 1 is 1.29 bits per heavy atom. The minimum atomic E-state index is 0.715. The van der Waals surface area contributed by atoms with Crippen LogP contribution in [0.4, 0.5) is 11.8 Å². The maximum atomic E-state index is 4.44. The van der Waals surface area contributed by atoms with Crippen molar-refractivity contribution in [3.8, 4) is 0 Å². The van der Waals surface area contributed by atoms with Gasteiger partial charge in [-0.1, -0.05) is 0 Å². The van der Waals surface area contributed by atoms with E-state index in [9.17, 15) is 0 Å². The number of anilines is 2. The molecule has 0 amide bonds. The van der Waals surface area contributed by atoms with E-state index in [1.54, 1.807) is 0 Å². The van der Waals surface area contributed by atoms with E-state index < -0.39 is 0 Å². The number of nitrogens with one attached hydrogen (secondary N) is 1. The van der Waals surface area contributed by atoms with Gasteiger partial charge in [-0.3, -0.25) is 0 Å². The third kappa shape index (κ3) is 1.78. The molecule has 0 saturated carbocycles. The Hall–Kier alpha value is -1.32. The van der Waals surface area contributed by atoms with E-state index in [0.717, 1.165) is 24.6 Å². The molecule has 0 bridgehead atoms. The van der Waals surface area contributed by atoms with Crippen LogP contribution in [0.3, 0.4) is 0 Å². The quantitative estimate of drug-likeness (QED) is 0.769. The summed E-state index contributed by atoms with van der Waals surface area (Å²) < 4.78 is 0. The van der Waals surface area contributed by atoms with Gasteiger partial charge in [0.05, 0.1) is 0 Å². The predicted octanol–water partition coefficient (Wildman–Crippen LogP) is 1.43. The first-order valence-electron chi connectivity index (χ1n) is 5.08. The van der Waals surface area contributed by atoms with Gasteiger partial charge in [-0.15, -0.1) is 0 Å². The van der Waals surface area contributed by atoms with Crippen LogP contribution in [0.25, 0.3) is 0 Å². The van der Waals surface area contributed by atoms with Crippen LogP contribution in [-0.4, -0.2) is 30.1 Å². The van der Waals surface area contributed by atoms with Crippen molar-refractivity contribution in [1.29, 1.82) is 0 Å². The SMILES string of the molecule is CNc1nc(C)cc(N2CCCC2)n1. The van der Waals surface area contributed by atoms with Gasteiger partial charge >= 0.3 is 0 Å². The molecule has 2 rings (SSSR count). The predicted molar refractivity (Wildman–Crippen MR) is 57.8 cm³/mol. The molecular weight excluding hydrogens is 176 g/mol. The van der Waals surface area contributed by atoms with Gasteiger partial charge in [-0.25, -0.2) is 4.98 Å². The van der Waals surface area contributed by atoms with Crippen molar-refractivity contribution in [2.75, 3.05) is 30.4 Å². The molecule has 0 radical (unpaired) electrons. The summed E-state index contributed by atoms with van der Waals surface area (Å²) in [7, 11) is 1.85. The zero-order valence-electron chi connectivity index (χ0n) is 8.75. The summed E-state index contributed by atoms with van der Waals surface area (Å²) in [6.07, 6.45) is 2.55. The average molecular weight is 192 g/mol. The Balaban J connectivity index is 2.27. The minimum absolute atomic E-state index is 0.715. The molecule has 0 spiro atoms. The van der Waals surface area contributed by atoms with Crippen molar-refractivity contribution in [2.45, 2.75) is 19.8 Å². The molecule has 0 aromatic carbocycles. The van der Waals surface area contributed by atoms with E-state index in [0.29, 0.717) is 5.95 Å². The van der Waals surface area contributed by atoms with Crippen LogP contribution in [-0.2, 0) is 0 Å². The Bertz CT molecular complexity index is 318. The molecule has 0 aliphatic carbocycles. The van der Waals surface area contributed by atoms with E-state index in [4.69, 9.17) is 0 Å². The number of aryl methyl sites for hydroxylation is 1. The van der Waals surface area contributed by atoms with Gasteiger partial charge in [0.25, 0.3) is 0 Å². The molecule has 0 unspecified atom stereocenters. The number of aromatic nitrogens is 2. The highest BCUT2D eigenvalue weighted by atomic mass is 15.2. The first kappa shape index (κ1) is 9.24. The third-order valence-electron chi connectivity index (χ3n) is 2.49. The lowest BCUT2D eigenvalue weighted by molar-refractivity contribution is 0.922. The summed E-state index contributed by atoms with van der Waals surface area (Å²) in [6, 6.07) is 2.05. The van der Waals surface area contributed by atoms with E-state index in [1.807, 2.05) is 20.0 Å². The lowest BCUT2D eigenvalue weighted by Crippen LogP contribution is -2.19. The van der Waals surface area contributed by atoms with E-state index in [2.05, 4.69) is 20.2 Å². The van der Waals surface area contributed by atoms with Crippen LogP contribution < -0.4 is 10.2 Å². The lowest BCUT2D eigenvalue weighted by Gasteiger charge is -2.17. The fraction of sp³-hybridized carbons (Fsp3) is 0.600. The largest absolute Gasteiger partial charge is 0.357 e. The van der Waals surface area contributed by atoms with Gasteiger partial charge < -0.3 is 10.2 Å². The topological polar surface area (TPSA) is 41.1 Å². The first-order valence-corrected chi connectivity index (χ1v) is 5.08. The molecule has 1 fully saturated rings. The van der Waals surface area contributed by atoms with Gasteiger partial charge in [0, 0.05) is 31.9 Å². The third-order valence-corrected chi connectivity index (χ3v) is 2.49. The fourth-order valence-corrected chi connectivity index (χ4v) is 1.77. The molecular formula is C10H16N4. The second-order valence-corrected chi connectivity index (χ2v) is 3.64. The van der Waals surface area contributed by atoms with Crippen molar-refractivity contribution >= 4 is 11.8 Å². The van der Waals surface area contributed by atoms with Crippen molar-refractivity contribution in [2.24, 2.45) is 0 Å². The Morgan fingerprint density at radius 3 is 2.64 bits per heavy atom. The molecule has 1 aromatic heterocycles. The van der Waals surface area contributed by atoms with Gasteiger partial charge in [-0.2, -0.15) is 4.98 Å². The zero-order valence-corrected chi connectivity index (χ0v) is 8.75. The molecule has 0 atom stereocenters. The van der Waals surface area contributed by atoms with Gasteiger partial charge in [0.15, 0.2) is 0 Å². The summed E-state index contributed by atoms with van der Waals surface area (Å²) in [6.45, 7) is 4.25.